The van der Waals surface area contributed by atoms with Crippen LogP contribution in [0.5, 0.6) is 0 Å². The second-order valence-electron chi connectivity index (χ2n) is 3.57. The molecule has 1 unspecified atom stereocenters. The van der Waals surface area contributed by atoms with E-state index in [-0.39, 0.29) is 11.3 Å². The van der Waals surface area contributed by atoms with Gasteiger partial charge in [-0.2, -0.15) is 0 Å². The highest BCUT2D eigenvalue weighted by molar-refractivity contribution is 9.10. The van der Waals surface area contributed by atoms with Gasteiger partial charge in [-0.05, 0) is 18.2 Å². The number of Topliss-reactive ketones (excluding diaryl/α,β-unsaturated/α-hetero) is 1. The average molecular weight is 288 g/mol. The van der Waals surface area contributed by atoms with Crippen molar-refractivity contribution in [3.63, 3.8) is 0 Å². The maximum atomic E-state index is 13.5. The first-order chi connectivity index (χ1) is 7.68. The molecule has 1 heterocycles. The highest BCUT2D eigenvalue weighted by Crippen LogP contribution is 2.17. The van der Waals surface area contributed by atoms with E-state index in [1.54, 1.807) is 6.07 Å². The van der Waals surface area contributed by atoms with E-state index in [0.717, 1.165) is 0 Å². The van der Waals surface area contributed by atoms with E-state index in [4.69, 9.17) is 4.74 Å². The molecule has 3 nitrogen and oxygen atoms in total. The van der Waals surface area contributed by atoms with Crippen molar-refractivity contribution in [2.24, 2.45) is 0 Å². The summed E-state index contributed by atoms with van der Waals surface area (Å²) in [5.41, 5.74) is 0.0948. The molecule has 1 aromatic carbocycles. The van der Waals surface area contributed by atoms with E-state index < -0.39 is 11.9 Å². The highest BCUT2D eigenvalue weighted by Gasteiger charge is 2.24. The van der Waals surface area contributed by atoms with Crippen LogP contribution >= 0.6 is 15.9 Å². The summed E-state index contributed by atoms with van der Waals surface area (Å²) >= 11 is 3.22. The third kappa shape index (κ3) is 2.48. The molecule has 1 N–H and O–H groups in total. The topological polar surface area (TPSA) is 38.3 Å². The highest BCUT2D eigenvalue weighted by atomic mass is 79.9. The van der Waals surface area contributed by atoms with Crippen molar-refractivity contribution in [2.45, 2.75) is 6.04 Å². The smallest absolute Gasteiger partial charge is 0.185 e. The summed E-state index contributed by atoms with van der Waals surface area (Å²) < 4.78 is 19.3. The number of carbonyl (C=O) groups excluding carboxylic acids is 1. The van der Waals surface area contributed by atoms with Gasteiger partial charge in [-0.25, -0.2) is 4.39 Å². The largest absolute Gasteiger partial charge is 0.378 e. The van der Waals surface area contributed by atoms with Gasteiger partial charge in [0.2, 0.25) is 0 Å². The van der Waals surface area contributed by atoms with Crippen molar-refractivity contribution in [3.05, 3.63) is 34.1 Å². The minimum atomic E-state index is -0.499. The fourth-order valence-corrected chi connectivity index (χ4v) is 1.97. The molecule has 1 fully saturated rings. The second kappa shape index (κ2) is 5.03. The van der Waals surface area contributed by atoms with Crippen molar-refractivity contribution in [1.29, 1.82) is 0 Å². The summed E-state index contributed by atoms with van der Waals surface area (Å²) in [6.07, 6.45) is 0. The molecule has 0 saturated carbocycles. The van der Waals surface area contributed by atoms with E-state index in [0.29, 0.717) is 24.2 Å². The summed E-state index contributed by atoms with van der Waals surface area (Å²) in [5, 5.41) is 3.01. The van der Waals surface area contributed by atoms with Crippen LogP contribution in [0.4, 0.5) is 4.39 Å². The first kappa shape index (κ1) is 11.7. The summed E-state index contributed by atoms with van der Waals surface area (Å²) in [5.74, 6) is -0.765. The minimum absolute atomic E-state index is 0.0948. The third-order valence-electron chi connectivity index (χ3n) is 2.43. The van der Waals surface area contributed by atoms with Crippen LogP contribution in [-0.4, -0.2) is 31.6 Å². The molecule has 0 spiro atoms. The molecule has 0 radical (unpaired) electrons. The molecule has 0 aliphatic carbocycles. The normalized spacial score (nSPS) is 20.8. The van der Waals surface area contributed by atoms with Gasteiger partial charge < -0.3 is 10.1 Å². The maximum Gasteiger partial charge on any atom is 0.185 e. The standard InChI is InChI=1S/C11H11BrFNO2/c12-7-1-2-9(13)8(5-7)11(15)10-6-16-4-3-14-10/h1-2,5,10,14H,3-4,6H2. The SMILES string of the molecule is O=C(c1cc(Br)ccc1F)C1COCCN1. The van der Waals surface area contributed by atoms with E-state index in [1.807, 2.05) is 0 Å². The molecule has 1 aromatic rings. The van der Waals surface area contributed by atoms with Crippen molar-refractivity contribution < 1.29 is 13.9 Å². The zero-order valence-electron chi connectivity index (χ0n) is 8.50. The number of nitrogens with one attached hydrogen (secondary N) is 1. The van der Waals surface area contributed by atoms with E-state index in [9.17, 15) is 9.18 Å². The fourth-order valence-electron chi connectivity index (χ4n) is 1.61. The number of hydrogen-bond acceptors (Lipinski definition) is 3. The Morgan fingerprint density at radius 3 is 3.06 bits per heavy atom. The van der Waals surface area contributed by atoms with Crippen LogP contribution in [0.15, 0.2) is 22.7 Å². The number of halogens is 2. The van der Waals surface area contributed by atoms with Gasteiger partial charge in [-0.3, -0.25) is 4.79 Å². The monoisotopic (exact) mass is 287 g/mol. The van der Waals surface area contributed by atoms with Crippen molar-refractivity contribution in [2.75, 3.05) is 19.8 Å². The number of benzene rings is 1. The lowest BCUT2D eigenvalue weighted by atomic mass is 10.0. The summed E-state index contributed by atoms with van der Waals surface area (Å²) in [4.78, 5) is 12.0. The molecule has 1 saturated heterocycles. The molecule has 16 heavy (non-hydrogen) atoms. The van der Waals surface area contributed by atoms with Crippen molar-refractivity contribution in [3.8, 4) is 0 Å². The first-order valence-electron chi connectivity index (χ1n) is 4.99. The molecule has 1 aliphatic heterocycles. The summed E-state index contributed by atoms with van der Waals surface area (Å²) in [6, 6.07) is 3.89. The molecular formula is C11H11BrFNO2. The average Bonchev–Trinajstić information content (AvgIpc) is 2.32. The Bertz CT molecular complexity index is 405. The Morgan fingerprint density at radius 1 is 1.56 bits per heavy atom. The van der Waals surface area contributed by atoms with Crippen LogP contribution in [0, 0.1) is 5.82 Å². The van der Waals surface area contributed by atoms with E-state index >= 15 is 0 Å². The number of rotatable bonds is 2. The van der Waals surface area contributed by atoms with Gasteiger partial charge in [0.1, 0.15) is 5.82 Å². The Balaban J connectivity index is 2.22. The summed E-state index contributed by atoms with van der Waals surface area (Å²) in [7, 11) is 0. The zero-order valence-corrected chi connectivity index (χ0v) is 10.1. The molecule has 0 aromatic heterocycles. The third-order valence-corrected chi connectivity index (χ3v) is 2.93. The quantitative estimate of drug-likeness (QED) is 0.843. The minimum Gasteiger partial charge on any atom is -0.378 e. The van der Waals surface area contributed by atoms with E-state index in [2.05, 4.69) is 21.2 Å². The molecule has 1 atom stereocenters. The first-order valence-corrected chi connectivity index (χ1v) is 5.78. The number of ether oxygens (including phenoxy) is 1. The molecule has 0 bridgehead atoms. The van der Waals surface area contributed by atoms with Crippen LogP contribution < -0.4 is 5.32 Å². The molecule has 0 amide bonds. The predicted molar refractivity (Wildman–Crippen MR) is 61.0 cm³/mol. The Hall–Kier alpha value is -0.780. The lowest BCUT2D eigenvalue weighted by Gasteiger charge is -2.22. The molecule has 86 valence electrons. The maximum absolute atomic E-state index is 13.5. The van der Waals surface area contributed by atoms with Crippen LogP contribution in [0.2, 0.25) is 0 Å². The summed E-state index contributed by atoms with van der Waals surface area (Å²) in [6.45, 7) is 1.50. The number of ketones is 1. The van der Waals surface area contributed by atoms with Gasteiger partial charge in [0.25, 0.3) is 0 Å². The van der Waals surface area contributed by atoms with Gasteiger partial charge in [-0.1, -0.05) is 15.9 Å². The predicted octanol–water partition coefficient (Wildman–Crippen LogP) is 1.76. The number of carbonyl (C=O) groups is 1. The van der Waals surface area contributed by atoms with Crippen LogP contribution in [0.1, 0.15) is 10.4 Å². The van der Waals surface area contributed by atoms with Crippen LogP contribution in [0.25, 0.3) is 0 Å². The molecular weight excluding hydrogens is 277 g/mol. The molecule has 1 aliphatic rings. The van der Waals surface area contributed by atoms with Crippen LogP contribution in [-0.2, 0) is 4.74 Å². The Labute approximate surface area is 101 Å². The Morgan fingerprint density at radius 2 is 2.38 bits per heavy atom. The fraction of sp³-hybridized carbons (Fsp3) is 0.364. The number of morpholine rings is 1. The van der Waals surface area contributed by atoms with Gasteiger partial charge >= 0.3 is 0 Å². The number of hydrogen-bond donors (Lipinski definition) is 1. The zero-order chi connectivity index (χ0) is 11.5. The lowest BCUT2D eigenvalue weighted by Crippen LogP contribution is -2.46. The second-order valence-corrected chi connectivity index (χ2v) is 4.49. The van der Waals surface area contributed by atoms with Gasteiger partial charge in [-0.15, -0.1) is 0 Å². The van der Waals surface area contributed by atoms with Crippen LogP contribution in [0.3, 0.4) is 0 Å². The van der Waals surface area contributed by atoms with Gasteiger partial charge in [0.15, 0.2) is 5.78 Å². The lowest BCUT2D eigenvalue weighted by molar-refractivity contribution is 0.0605. The van der Waals surface area contributed by atoms with Gasteiger partial charge in [0.05, 0.1) is 24.8 Å². The Kier molecular flexibility index (Phi) is 3.68. The van der Waals surface area contributed by atoms with Crippen molar-refractivity contribution >= 4 is 21.7 Å². The van der Waals surface area contributed by atoms with Crippen molar-refractivity contribution in [1.82, 2.24) is 5.32 Å². The molecule has 5 heteroatoms. The van der Waals surface area contributed by atoms with Gasteiger partial charge in [0, 0.05) is 11.0 Å². The van der Waals surface area contributed by atoms with E-state index in [1.165, 1.54) is 12.1 Å². The molecule has 2 rings (SSSR count).